The maximum absolute atomic E-state index is 8.76. The van der Waals surface area contributed by atoms with E-state index in [1.54, 1.807) is 6.92 Å². The van der Waals surface area contributed by atoms with Crippen molar-refractivity contribution in [1.82, 2.24) is 9.97 Å². The van der Waals surface area contributed by atoms with E-state index >= 15 is 0 Å². The van der Waals surface area contributed by atoms with Crippen LogP contribution in [-0.2, 0) is 16.8 Å². The van der Waals surface area contributed by atoms with Crippen LogP contribution in [-0.4, -0.2) is 15.1 Å². The van der Waals surface area contributed by atoms with Gasteiger partial charge in [0, 0.05) is 28.5 Å². The van der Waals surface area contributed by atoms with E-state index < -0.39 is 0 Å². The van der Waals surface area contributed by atoms with Gasteiger partial charge in [-0.15, -0.1) is 0 Å². The summed E-state index contributed by atoms with van der Waals surface area (Å²) in [5, 5.41) is 8.76. The molecule has 1 rings (SSSR count). The normalized spacial score (nSPS) is 8.50. The van der Waals surface area contributed by atoms with Gasteiger partial charge < -0.3 is 10.8 Å². The third-order valence-electron chi connectivity index (χ3n) is 0.858. The van der Waals surface area contributed by atoms with Gasteiger partial charge in [0.1, 0.15) is 0 Å². The van der Waals surface area contributed by atoms with E-state index in [1.165, 1.54) is 6.07 Å². The van der Waals surface area contributed by atoms with E-state index in [0.29, 0.717) is 5.69 Å². The Hall–Kier alpha value is -0.814. The first-order chi connectivity index (χ1) is 4.18. The van der Waals surface area contributed by atoms with Gasteiger partial charge in [-0.25, -0.2) is 4.98 Å². The Morgan fingerprint density at radius 3 is 2.50 bits per heavy atom. The summed E-state index contributed by atoms with van der Waals surface area (Å²) in [5.41, 5.74) is 5.84. The molecule has 0 bridgehead atoms. The molecule has 3 N–H and O–H groups in total. The van der Waals surface area contributed by atoms with Gasteiger partial charge in [0.15, 0.2) is 0 Å². The molecule has 0 spiro atoms. The van der Waals surface area contributed by atoms with Crippen LogP contribution >= 0.6 is 0 Å². The molecule has 5 heteroatoms. The van der Waals surface area contributed by atoms with E-state index in [9.17, 15) is 0 Å². The molecule has 10 heavy (non-hydrogen) atoms. The van der Waals surface area contributed by atoms with Crippen molar-refractivity contribution in [3.05, 3.63) is 11.8 Å². The zero-order valence-corrected chi connectivity index (χ0v) is 6.37. The summed E-state index contributed by atoms with van der Waals surface area (Å²) < 4.78 is 0. The molecule has 4 nitrogen and oxygen atoms in total. The van der Waals surface area contributed by atoms with Crippen molar-refractivity contribution in [1.29, 1.82) is 0 Å². The fraction of sp³-hybridized carbons (Fsp3) is 0.200. The Bertz CT molecular complexity index is 178. The predicted molar refractivity (Wildman–Crippen MR) is 32.8 cm³/mol. The Morgan fingerprint density at radius 2 is 2.10 bits per heavy atom. The molecule has 57 valence electrons. The second kappa shape index (κ2) is 3.38. The molecular weight excluding hydrogens is 177 g/mol. The maximum atomic E-state index is 8.76. The van der Waals surface area contributed by atoms with Crippen molar-refractivity contribution in [2.24, 2.45) is 0 Å². The largest absolute Gasteiger partial charge is 0.493 e. The third-order valence-corrected chi connectivity index (χ3v) is 0.858. The molecule has 1 aromatic rings. The maximum Gasteiger partial charge on any atom is 0.223 e. The summed E-state index contributed by atoms with van der Waals surface area (Å²) in [7, 11) is 0. The van der Waals surface area contributed by atoms with Crippen LogP contribution < -0.4 is 5.73 Å². The fourth-order valence-electron chi connectivity index (χ4n) is 0.574. The van der Waals surface area contributed by atoms with Crippen LogP contribution in [0, 0.1) is 6.92 Å². The van der Waals surface area contributed by atoms with Crippen molar-refractivity contribution in [3.63, 3.8) is 0 Å². The average Bonchev–Trinajstić information content (AvgIpc) is 1.59. The van der Waals surface area contributed by atoms with Gasteiger partial charge in [-0.05, 0) is 6.92 Å². The number of nitrogens with zero attached hydrogens (tertiary/aromatic N) is 2. The summed E-state index contributed by atoms with van der Waals surface area (Å²) in [4.78, 5) is 7.20. The topological polar surface area (TPSA) is 72.0 Å². The smallest absolute Gasteiger partial charge is 0.223 e. The Balaban J connectivity index is 0.000000810. The van der Waals surface area contributed by atoms with Gasteiger partial charge in [-0.2, -0.15) is 4.98 Å². The summed E-state index contributed by atoms with van der Waals surface area (Å²) in [6.45, 7) is 1.73. The fourth-order valence-corrected chi connectivity index (χ4v) is 0.574. The molecule has 0 aliphatic rings. The molecule has 0 unspecified atom stereocenters. The molecule has 1 radical (unpaired) electrons. The molecule has 0 aliphatic heterocycles. The summed E-state index contributed by atoms with van der Waals surface area (Å²) >= 11 is 0. The molecule has 1 heterocycles. The minimum atomic E-state index is -0.0833. The average molecular weight is 184 g/mol. The summed E-state index contributed by atoms with van der Waals surface area (Å²) in [6, 6.07) is 1.44. The first-order valence-electron chi connectivity index (χ1n) is 2.48. The van der Waals surface area contributed by atoms with Gasteiger partial charge in [0.05, 0.1) is 0 Å². The predicted octanol–water partition coefficient (Wildman–Crippen LogP) is 0.0703. The van der Waals surface area contributed by atoms with Gasteiger partial charge >= 0.3 is 0 Å². The standard InChI is InChI=1S/C5H7N3O.Co/c1-3-2-4(9)8-5(6)7-3;/h2H,1H3,(H3,6,7,8,9);. The van der Waals surface area contributed by atoms with Crippen molar-refractivity contribution in [2.75, 3.05) is 5.73 Å². The van der Waals surface area contributed by atoms with Crippen LogP contribution in [0.1, 0.15) is 5.69 Å². The van der Waals surface area contributed by atoms with Crippen LogP contribution in [0.25, 0.3) is 0 Å². The van der Waals surface area contributed by atoms with Crippen LogP contribution in [0.2, 0.25) is 0 Å². The van der Waals surface area contributed by atoms with E-state index in [4.69, 9.17) is 10.8 Å². The summed E-state index contributed by atoms with van der Waals surface area (Å²) in [6.07, 6.45) is 0. The molecule has 0 atom stereocenters. The SMILES string of the molecule is Cc1cc(O)nc(N)n1.[Co]. The number of aryl methyl sites for hydroxylation is 1. The quantitative estimate of drug-likeness (QED) is 0.598. The van der Waals surface area contributed by atoms with E-state index in [-0.39, 0.29) is 28.6 Å². The molecule has 0 fully saturated rings. The number of aromatic nitrogens is 2. The van der Waals surface area contributed by atoms with E-state index in [0.717, 1.165) is 0 Å². The Morgan fingerprint density at radius 1 is 1.50 bits per heavy atom. The molecular formula is C5H7CoN3O. The van der Waals surface area contributed by atoms with Crippen molar-refractivity contribution >= 4 is 5.95 Å². The molecule has 0 aliphatic carbocycles. The number of aromatic hydroxyl groups is 1. The van der Waals surface area contributed by atoms with Gasteiger partial charge in [-0.3, -0.25) is 0 Å². The first kappa shape index (κ1) is 9.19. The van der Waals surface area contributed by atoms with Crippen LogP contribution in [0.5, 0.6) is 5.88 Å². The minimum absolute atomic E-state index is 0. The Labute approximate surface area is 68.7 Å². The number of hydrogen-bond donors (Lipinski definition) is 2. The zero-order chi connectivity index (χ0) is 6.85. The van der Waals surface area contributed by atoms with E-state index in [1.807, 2.05) is 0 Å². The number of nitrogens with two attached hydrogens (primary N) is 1. The molecule has 0 saturated heterocycles. The van der Waals surface area contributed by atoms with Gasteiger partial charge in [0.2, 0.25) is 11.8 Å². The first-order valence-corrected chi connectivity index (χ1v) is 2.48. The van der Waals surface area contributed by atoms with Gasteiger partial charge in [0.25, 0.3) is 0 Å². The number of anilines is 1. The minimum Gasteiger partial charge on any atom is -0.493 e. The molecule has 1 aromatic heterocycles. The van der Waals surface area contributed by atoms with Crippen LogP contribution in [0.4, 0.5) is 5.95 Å². The number of rotatable bonds is 0. The van der Waals surface area contributed by atoms with Gasteiger partial charge in [-0.1, -0.05) is 0 Å². The van der Waals surface area contributed by atoms with Crippen molar-refractivity contribution < 1.29 is 21.9 Å². The second-order valence-electron chi connectivity index (χ2n) is 1.73. The third kappa shape index (κ3) is 2.20. The Kier molecular flexibility index (Phi) is 3.10. The summed E-state index contributed by atoms with van der Waals surface area (Å²) in [5.74, 6) is 0.0208. The monoisotopic (exact) mass is 184 g/mol. The molecule has 0 amide bonds. The van der Waals surface area contributed by atoms with E-state index in [2.05, 4.69) is 9.97 Å². The van der Waals surface area contributed by atoms with Crippen LogP contribution in [0.3, 0.4) is 0 Å². The second-order valence-corrected chi connectivity index (χ2v) is 1.73. The number of nitrogen functional groups attached to an aromatic ring is 1. The zero-order valence-electron chi connectivity index (χ0n) is 5.33. The molecule has 0 aromatic carbocycles. The van der Waals surface area contributed by atoms with Crippen molar-refractivity contribution in [3.8, 4) is 5.88 Å². The number of hydrogen-bond acceptors (Lipinski definition) is 4. The van der Waals surface area contributed by atoms with Crippen LogP contribution in [0.15, 0.2) is 6.07 Å². The van der Waals surface area contributed by atoms with Crippen molar-refractivity contribution in [2.45, 2.75) is 6.92 Å². The molecule has 0 saturated carbocycles.